The van der Waals surface area contributed by atoms with Crippen LogP contribution < -0.4 is 11.5 Å². The fourth-order valence-corrected chi connectivity index (χ4v) is 8.03. The lowest BCUT2D eigenvalue weighted by Crippen LogP contribution is -2.04. The molecule has 6 aromatic rings. The quantitative estimate of drug-likeness (QED) is 0.0692. The van der Waals surface area contributed by atoms with Gasteiger partial charge in [0.1, 0.15) is 32.5 Å². The van der Waals surface area contributed by atoms with Gasteiger partial charge in [0.15, 0.2) is 0 Å². The molecule has 254 valence electrons. The topological polar surface area (TPSA) is 210 Å². The lowest BCUT2D eigenvalue weighted by molar-refractivity contribution is 0.482. The van der Waals surface area contributed by atoms with Gasteiger partial charge in [-0.2, -0.15) is 16.8 Å². The van der Waals surface area contributed by atoms with Crippen molar-refractivity contribution in [1.82, 2.24) is 0 Å². The summed E-state index contributed by atoms with van der Waals surface area (Å²) < 4.78 is 68.3. The molecule has 0 radical (unpaired) electrons. The van der Waals surface area contributed by atoms with Gasteiger partial charge < -0.3 is 11.5 Å². The number of nitrogens with zero attached hydrogens (tertiary/aromatic N) is 4. The van der Waals surface area contributed by atoms with Crippen molar-refractivity contribution in [2.24, 2.45) is 20.5 Å². The Balaban J connectivity index is 1.34. The summed E-state index contributed by atoms with van der Waals surface area (Å²) in [6.45, 7) is 0. The number of rotatable bonds is 7. The van der Waals surface area contributed by atoms with Crippen molar-refractivity contribution in [1.29, 1.82) is 0 Å². The third kappa shape index (κ3) is 6.84. The second-order valence-corrected chi connectivity index (χ2v) is 15.0. The third-order valence-corrected chi connectivity index (χ3v) is 10.5. The first-order valence-corrected chi connectivity index (χ1v) is 18.3. The Bertz CT molecular complexity index is 2460. The van der Waals surface area contributed by atoms with E-state index in [0.717, 1.165) is 0 Å². The molecule has 0 bridgehead atoms. The summed E-state index contributed by atoms with van der Waals surface area (Å²) in [5, 5.41) is 17.9. The standard InChI is InChI=1S/C32H20Cl4N6O6S2/c33-21-9-17(10-22(34)29(21)41-39-25-13-15-5-1-3-7-19(15)31(27(25)37)49(43,44)45)18-11-23(35)30(24(36)12-18)42-40-26-14-16-6-2-4-8-20(16)32(28(26)38)50(46,47)48/h1-14H,37-38H2,(H,43,44,45)(H,46,47,48)/b41-39+,42-40+. The minimum atomic E-state index is -4.71. The molecule has 12 nitrogen and oxygen atoms in total. The molecule has 0 spiro atoms. The summed E-state index contributed by atoms with van der Waals surface area (Å²) in [4.78, 5) is -1.00. The van der Waals surface area contributed by atoms with Crippen LogP contribution in [0, 0.1) is 0 Å². The van der Waals surface area contributed by atoms with E-state index in [9.17, 15) is 25.9 Å². The van der Waals surface area contributed by atoms with Crippen molar-refractivity contribution in [3.63, 3.8) is 0 Å². The van der Waals surface area contributed by atoms with E-state index in [0.29, 0.717) is 21.9 Å². The van der Waals surface area contributed by atoms with Crippen LogP contribution in [0.15, 0.2) is 115 Å². The van der Waals surface area contributed by atoms with Gasteiger partial charge >= 0.3 is 0 Å². The fraction of sp³-hybridized carbons (Fsp3) is 0. The molecule has 0 amide bonds. The van der Waals surface area contributed by atoms with Crippen LogP contribution in [0.5, 0.6) is 0 Å². The highest BCUT2D eigenvalue weighted by molar-refractivity contribution is 7.86. The Morgan fingerprint density at radius 3 is 1.14 bits per heavy atom. The average Bonchev–Trinajstić information content (AvgIpc) is 3.02. The molecule has 0 aliphatic heterocycles. The van der Waals surface area contributed by atoms with E-state index in [1.165, 1.54) is 48.5 Å². The van der Waals surface area contributed by atoms with E-state index < -0.39 is 30.0 Å². The SMILES string of the molecule is Nc1c(/N=N/c2c(Cl)cc(-c3cc(Cl)c(/N=N/c4cc5ccccc5c(S(=O)(=O)O)c4N)c(Cl)c3)cc2Cl)cc2ccccc2c1S(=O)(=O)O. The largest absolute Gasteiger partial charge is 0.396 e. The number of anilines is 2. The minimum absolute atomic E-state index is 0.0397. The number of fused-ring (bicyclic) bond motifs is 2. The number of azo groups is 2. The van der Waals surface area contributed by atoms with Gasteiger partial charge in [0.2, 0.25) is 0 Å². The number of hydrogen-bond donors (Lipinski definition) is 4. The fourth-order valence-electron chi connectivity index (χ4n) is 5.22. The molecule has 0 aliphatic rings. The highest BCUT2D eigenvalue weighted by atomic mass is 35.5. The lowest BCUT2D eigenvalue weighted by Gasteiger charge is -2.11. The molecule has 0 heterocycles. The summed E-state index contributed by atoms with van der Waals surface area (Å²) in [6, 6.07) is 21.9. The second kappa shape index (κ2) is 13.4. The Hall–Kier alpha value is -4.38. The Morgan fingerprint density at radius 1 is 0.500 bits per heavy atom. The summed E-state index contributed by atoms with van der Waals surface area (Å²) >= 11 is 26.2. The van der Waals surface area contributed by atoms with Crippen molar-refractivity contribution in [3.05, 3.63) is 105 Å². The van der Waals surface area contributed by atoms with Gasteiger partial charge in [-0.05, 0) is 58.3 Å². The lowest BCUT2D eigenvalue weighted by atomic mass is 10.0. The van der Waals surface area contributed by atoms with Gasteiger partial charge in [-0.1, -0.05) is 94.9 Å². The van der Waals surface area contributed by atoms with E-state index in [4.69, 9.17) is 57.9 Å². The number of nitrogens with two attached hydrogens (primary N) is 2. The van der Waals surface area contributed by atoms with Crippen LogP contribution in [0.2, 0.25) is 20.1 Å². The maximum Gasteiger partial charge on any atom is 0.297 e. The number of halogens is 4. The summed E-state index contributed by atoms with van der Waals surface area (Å²) in [7, 11) is -9.43. The molecular formula is C32H20Cl4N6O6S2. The van der Waals surface area contributed by atoms with Crippen LogP contribution in [0.25, 0.3) is 32.7 Å². The molecule has 18 heteroatoms. The van der Waals surface area contributed by atoms with E-state index in [2.05, 4.69) is 20.5 Å². The first kappa shape index (κ1) is 35.4. The molecule has 50 heavy (non-hydrogen) atoms. The molecule has 0 aromatic heterocycles. The molecule has 0 saturated heterocycles. The monoisotopic (exact) mass is 788 g/mol. The molecule has 0 fully saturated rings. The molecule has 6 N–H and O–H groups in total. The summed E-state index contributed by atoms with van der Waals surface area (Å²) in [6.07, 6.45) is 0. The Kier molecular flexibility index (Phi) is 9.49. The van der Waals surface area contributed by atoms with Crippen molar-refractivity contribution in [2.75, 3.05) is 11.5 Å². The third-order valence-electron chi connectivity index (χ3n) is 7.43. The van der Waals surface area contributed by atoms with Crippen molar-refractivity contribution < 1.29 is 25.9 Å². The van der Waals surface area contributed by atoms with Gasteiger partial charge in [0.25, 0.3) is 20.2 Å². The molecule has 6 aromatic carbocycles. The molecule has 0 saturated carbocycles. The zero-order valence-corrected chi connectivity index (χ0v) is 29.5. The predicted molar refractivity (Wildman–Crippen MR) is 197 cm³/mol. The number of benzene rings is 6. The number of hydrogen-bond acceptors (Lipinski definition) is 10. The Morgan fingerprint density at radius 2 is 0.820 bits per heavy atom. The summed E-state index contributed by atoms with van der Waals surface area (Å²) in [5.41, 5.74) is 12.5. The van der Waals surface area contributed by atoms with Gasteiger partial charge in [-0.25, -0.2) is 0 Å². The molecule has 6 rings (SSSR count). The highest BCUT2D eigenvalue weighted by Gasteiger charge is 2.23. The van der Waals surface area contributed by atoms with Gasteiger partial charge in [0, 0.05) is 10.8 Å². The average molecular weight is 790 g/mol. The predicted octanol–water partition coefficient (Wildman–Crippen LogP) is 10.8. The zero-order chi connectivity index (χ0) is 36.1. The van der Waals surface area contributed by atoms with Crippen molar-refractivity contribution in [3.8, 4) is 11.1 Å². The van der Waals surface area contributed by atoms with Crippen LogP contribution in [-0.4, -0.2) is 25.9 Å². The molecule has 0 aliphatic carbocycles. The van der Waals surface area contributed by atoms with Gasteiger partial charge in [-0.3, -0.25) is 9.11 Å². The first-order chi connectivity index (χ1) is 23.5. The minimum Gasteiger partial charge on any atom is -0.396 e. The van der Waals surface area contributed by atoms with Gasteiger partial charge in [-0.15, -0.1) is 20.5 Å². The normalized spacial score (nSPS) is 12.5. The van der Waals surface area contributed by atoms with Crippen LogP contribution in [0.3, 0.4) is 0 Å². The Labute approximate surface area is 304 Å². The van der Waals surface area contributed by atoms with Crippen LogP contribution in [0.1, 0.15) is 0 Å². The number of nitrogen functional groups attached to an aromatic ring is 2. The van der Waals surface area contributed by atoms with E-state index in [1.54, 1.807) is 36.4 Å². The smallest absolute Gasteiger partial charge is 0.297 e. The van der Waals surface area contributed by atoms with Crippen LogP contribution in [-0.2, 0) is 20.2 Å². The molecular weight excluding hydrogens is 770 g/mol. The van der Waals surface area contributed by atoms with Crippen LogP contribution in [0.4, 0.5) is 34.1 Å². The van der Waals surface area contributed by atoms with Gasteiger partial charge in [0.05, 0.1) is 31.5 Å². The second-order valence-electron chi connectivity index (χ2n) is 10.6. The highest BCUT2D eigenvalue weighted by Crippen LogP contribution is 2.44. The maximum absolute atomic E-state index is 12.1. The van der Waals surface area contributed by atoms with Crippen molar-refractivity contribution >= 4 is 122 Å². The first-order valence-electron chi connectivity index (χ1n) is 13.9. The molecule has 0 atom stereocenters. The van der Waals surface area contributed by atoms with Crippen LogP contribution >= 0.6 is 46.4 Å². The van der Waals surface area contributed by atoms with E-state index in [1.807, 2.05) is 0 Å². The zero-order valence-electron chi connectivity index (χ0n) is 24.9. The summed E-state index contributed by atoms with van der Waals surface area (Å²) in [5.74, 6) is 0. The van der Waals surface area contributed by atoms with E-state index in [-0.39, 0.29) is 65.0 Å². The molecule has 0 unspecified atom stereocenters. The maximum atomic E-state index is 12.1. The van der Waals surface area contributed by atoms with E-state index >= 15 is 0 Å². The van der Waals surface area contributed by atoms with Crippen molar-refractivity contribution in [2.45, 2.75) is 9.79 Å².